The molecule has 2 aromatic heterocycles. The summed E-state index contributed by atoms with van der Waals surface area (Å²) in [7, 11) is 1.55. The molecule has 0 aliphatic heterocycles. The molecule has 0 aliphatic rings. The fourth-order valence-corrected chi connectivity index (χ4v) is 4.10. The van der Waals surface area contributed by atoms with Crippen molar-refractivity contribution in [1.29, 1.82) is 0 Å². The number of ether oxygens (including phenoxy) is 2. The van der Waals surface area contributed by atoms with Gasteiger partial charge in [0, 0.05) is 25.6 Å². The number of nitrogens with zero attached hydrogens (tertiary/aromatic N) is 3. The fourth-order valence-electron chi connectivity index (χ4n) is 4.10. The third-order valence-corrected chi connectivity index (χ3v) is 5.88. The summed E-state index contributed by atoms with van der Waals surface area (Å²) in [5, 5.41) is 0.841. The third kappa shape index (κ3) is 5.54. The highest BCUT2D eigenvalue weighted by Gasteiger charge is 2.25. The topological polar surface area (TPSA) is 133 Å². The summed E-state index contributed by atoms with van der Waals surface area (Å²) in [6.07, 6.45) is 1.59. The normalized spacial score (nSPS) is 11.1. The number of esters is 1. The first-order chi connectivity index (χ1) is 16.8. The first-order valence-electron chi connectivity index (χ1n) is 11.8. The number of nitrogen functional groups attached to an aromatic ring is 1. The number of benzene rings is 1. The molecule has 0 saturated carbocycles. The van der Waals surface area contributed by atoms with E-state index < -0.39 is 17.2 Å². The number of carbonyl (C=O) groups is 1. The molecule has 3 aromatic rings. The lowest BCUT2D eigenvalue weighted by Crippen LogP contribution is -2.39. The third-order valence-electron chi connectivity index (χ3n) is 5.88. The number of rotatable bonds is 11. The number of anilines is 2. The highest BCUT2D eigenvalue weighted by Crippen LogP contribution is 2.27. The van der Waals surface area contributed by atoms with Crippen molar-refractivity contribution in [2.45, 2.75) is 46.7 Å². The number of H-pyrrole nitrogens is 1. The highest BCUT2D eigenvalue weighted by atomic mass is 16.5. The van der Waals surface area contributed by atoms with Gasteiger partial charge in [0.05, 0.1) is 36.5 Å². The second kappa shape index (κ2) is 11.7. The van der Waals surface area contributed by atoms with Crippen LogP contribution in [0, 0.1) is 6.92 Å². The van der Waals surface area contributed by atoms with Crippen LogP contribution < -0.4 is 21.9 Å². The quantitative estimate of drug-likeness (QED) is 0.398. The average Bonchev–Trinajstić information content (AvgIpc) is 2.82. The molecule has 0 fully saturated rings. The molecule has 0 amide bonds. The van der Waals surface area contributed by atoms with Crippen molar-refractivity contribution >= 4 is 28.4 Å². The molecule has 188 valence electrons. The van der Waals surface area contributed by atoms with E-state index in [2.05, 4.69) is 4.98 Å². The summed E-state index contributed by atoms with van der Waals surface area (Å²) in [4.78, 5) is 47.2. The molecule has 0 spiro atoms. The summed E-state index contributed by atoms with van der Waals surface area (Å²) < 4.78 is 12.0. The number of para-hydroxylation sites is 1. The number of nitrogens with two attached hydrogens (primary N) is 1. The first kappa shape index (κ1) is 26.0. The second-order valence-electron chi connectivity index (χ2n) is 8.21. The number of nitrogens with one attached hydrogen (secondary N) is 1. The molecule has 0 atom stereocenters. The van der Waals surface area contributed by atoms with Crippen LogP contribution >= 0.6 is 0 Å². The Morgan fingerprint density at radius 3 is 2.66 bits per heavy atom. The van der Waals surface area contributed by atoms with Gasteiger partial charge in [-0.15, -0.1) is 0 Å². The van der Waals surface area contributed by atoms with E-state index in [1.165, 1.54) is 4.57 Å². The molecule has 35 heavy (non-hydrogen) atoms. The SMILES string of the molecule is CCCCn1c(N)c(N(CCOC)Cc2nc3ccccc3c(C)c2C(=O)OCC)c(=O)[nH]c1=O. The highest BCUT2D eigenvalue weighted by molar-refractivity contribution is 5.98. The van der Waals surface area contributed by atoms with Crippen molar-refractivity contribution in [1.82, 2.24) is 14.5 Å². The Bertz CT molecular complexity index is 1310. The van der Waals surface area contributed by atoms with Crippen molar-refractivity contribution in [3.05, 3.63) is 61.9 Å². The molecule has 2 heterocycles. The molecule has 3 rings (SSSR count). The maximum Gasteiger partial charge on any atom is 0.340 e. The smallest absolute Gasteiger partial charge is 0.340 e. The Morgan fingerprint density at radius 2 is 1.97 bits per heavy atom. The van der Waals surface area contributed by atoms with Crippen molar-refractivity contribution < 1.29 is 14.3 Å². The minimum atomic E-state index is -0.605. The number of aromatic amines is 1. The van der Waals surface area contributed by atoms with Crippen LogP contribution in [0.3, 0.4) is 0 Å². The Hall–Kier alpha value is -3.66. The monoisotopic (exact) mass is 483 g/mol. The molecule has 0 unspecified atom stereocenters. The lowest BCUT2D eigenvalue weighted by atomic mass is 10.0. The summed E-state index contributed by atoms with van der Waals surface area (Å²) >= 11 is 0. The Kier molecular flexibility index (Phi) is 8.64. The van der Waals surface area contributed by atoms with Crippen molar-refractivity contribution in [3.8, 4) is 0 Å². The molecule has 0 bridgehead atoms. The molecule has 10 heteroatoms. The fraction of sp³-hybridized carbons (Fsp3) is 0.440. The molecule has 1 aromatic carbocycles. The zero-order valence-corrected chi connectivity index (χ0v) is 20.7. The largest absolute Gasteiger partial charge is 0.462 e. The number of unbranched alkanes of at least 4 members (excludes halogenated alkanes) is 1. The van der Waals surface area contributed by atoms with Crippen molar-refractivity contribution in [3.63, 3.8) is 0 Å². The number of methoxy groups -OCH3 is 1. The van der Waals surface area contributed by atoms with Crippen LogP contribution in [0.15, 0.2) is 33.9 Å². The zero-order valence-electron chi connectivity index (χ0n) is 20.7. The standard InChI is InChI=1S/C25H33N5O5/c1-5-7-12-30-22(26)21(23(31)28-25(30)33)29(13-14-34-4)15-19-20(24(32)35-6-2)16(3)17-10-8-9-11-18(17)27-19/h8-11H,5-7,12-15,26H2,1-4H3,(H,28,31,33). The zero-order chi connectivity index (χ0) is 25.5. The van der Waals surface area contributed by atoms with Crippen LogP contribution in [0.4, 0.5) is 11.5 Å². The summed E-state index contributed by atoms with van der Waals surface area (Å²) in [5.74, 6) is -0.418. The number of aromatic nitrogens is 3. The van der Waals surface area contributed by atoms with E-state index in [0.717, 1.165) is 29.3 Å². The molecule has 0 radical (unpaired) electrons. The maximum atomic E-state index is 13.0. The Labute approximate surface area is 203 Å². The van der Waals surface area contributed by atoms with E-state index in [9.17, 15) is 14.4 Å². The number of fused-ring (bicyclic) bond motifs is 1. The van der Waals surface area contributed by atoms with Crippen LogP contribution in [0.5, 0.6) is 0 Å². The van der Waals surface area contributed by atoms with Gasteiger partial charge in [0.1, 0.15) is 11.5 Å². The van der Waals surface area contributed by atoms with Crippen LogP contribution in [0.2, 0.25) is 0 Å². The average molecular weight is 484 g/mol. The van der Waals surface area contributed by atoms with Crippen LogP contribution in [0.1, 0.15) is 48.3 Å². The van der Waals surface area contributed by atoms with E-state index in [1.807, 2.05) is 38.1 Å². The lowest BCUT2D eigenvalue weighted by molar-refractivity contribution is 0.0524. The molecule has 0 saturated heterocycles. The number of aryl methyl sites for hydroxylation is 1. The summed E-state index contributed by atoms with van der Waals surface area (Å²) in [6.45, 7) is 6.85. The molecular weight excluding hydrogens is 450 g/mol. The molecule has 0 aliphatic carbocycles. The minimum Gasteiger partial charge on any atom is -0.462 e. The van der Waals surface area contributed by atoms with E-state index in [0.29, 0.717) is 17.8 Å². The number of hydrogen-bond acceptors (Lipinski definition) is 8. The first-order valence-corrected chi connectivity index (χ1v) is 11.8. The van der Waals surface area contributed by atoms with E-state index in [1.54, 1.807) is 18.9 Å². The predicted octanol–water partition coefficient (Wildman–Crippen LogP) is 2.61. The Balaban J connectivity index is 2.19. The van der Waals surface area contributed by atoms with Crippen molar-refractivity contribution in [2.75, 3.05) is 37.5 Å². The second-order valence-corrected chi connectivity index (χ2v) is 8.21. The van der Waals surface area contributed by atoms with Crippen LogP contribution in [-0.2, 0) is 22.6 Å². The van der Waals surface area contributed by atoms with E-state index in [4.69, 9.17) is 20.2 Å². The predicted molar refractivity (Wildman–Crippen MR) is 136 cm³/mol. The van der Waals surface area contributed by atoms with Crippen LogP contribution in [0.25, 0.3) is 10.9 Å². The van der Waals surface area contributed by atoms with Gasteiger partial charge < -0.3 is 20.1 Å². The van der Waals surface area contributed by atoms with Gasteiger partial charge in [0.2, 0.25) is 0 Å². The number of pyridine rings is 1. The van der Waals surface area contributed by atoms with Gasteiger partial charge in [-0.05, 0) is 31.9 Å². The summed E-state index contributed by atoms with van der Waals surface area (Å²) in [6, 6.07) is 7.53. The minimum absolute atomic E-state index is 0.0681. The van der Waals surface area contributed by atoms with Gasteiger partial charge in [-0.3, -0.25) is 19.3 Å². The molecular formula is C25H33N5O5. The van der Waals surface area contributed by atoms with Gasteiger partial charge in [-0.2, -0.15) is 0 Å². The maximum absolute atomic E-state index is 13.0. The van der Waals surface area contributed by atoms with Gasteiger partial charge in [0.15, 0.2) is 0 Å². The van der Waals surface area contributed by atoms with Gasteiger partial charge in [0.25, 0.3) is 5.56 Å². The van der Waals surface area contributed by atoms with E-state index in [-0.39, 0.29) is 37.8 Å². The molecule has 3 N–H and O–H groups in total. The van der Waals surface area contributed by atoms with Crippen molar-refractivity contribution in [2.24, 2.45) is 0 Å². The van der Waals surface area contributed by atoms with Gasteiger partial charge >= 0.3 is 11.7 Å². The Morgan fingerprint density at radius 1 is 1.23 bits per heavy atom. The van der Waals surface area contributed by atoms with Gasteiger partial charge in [-0.1, -0.05) is 31.5 Å². The lowest BCUT2D eigenvalue weighted by Gasteiger charge is -2.27. The van der Waals surface area contributed by atoms with Crippen LogP contribution in [-0.4, -0.2) is 47.4 Å². The van der Waals surface area contributed by atoms with Gasteiger partial charge in [-0.25, -0.2) is 9.59 Å². The summed E-state index contributed by atoms with van der Waals surface area (Å²) in [5.41, 5.74) is 7.60. The van der Waals surface area contributed by atoms with E-state index >= 15 is 0 Å². The number of hydrogen-bond donors (Lipinski definition) is 2. The number of carbonyl (C=O) groups excluding carboxylic acids is 1. The molecule has 10 nitrogen and oxygen atoms in total.